The Balaban J connectivity index is 2.00. The number of aromatic nitrogens is 2. The van der Waals surface area contributed by atoms with Crippen LogP contribution < -0.4 is 10.1 Å². The molecule has 0 aliphatic carbocycles. The van der Waals surface area contributed by atoms with E-state index in [2.05, 4.69) is 10.4 Å². The second-order valence-electron chi connectivity index (χ2n) is 6.08. The van der Waals surface area contributed by atoms with Crippen molar-refractivity contribution < 1.29 is 9.53 Å². The molecule has 0 saturated heterocycles. The molecule has 0 saturated carbocycles. The zero-order chi connectivity index (χ0) is 16.2. The molecule has 0 aliphatic rings. The lowest BCUT2D eigenvalue weighted by Crippen LogP contribution is -2.38. The minimum Gasteiger partial charge on any atom is -0.496 e. The van der Waals surface area contributed by atoms with Gasteiger partial charge in [0.05, 0.1) is 13.3 Å². The lowest BCUT2D eigenvalue weighted by molar-refractivity contribution is -0.129. The summed E-state index contributed by atoms with van der Waals surface area (Å²) < 4.78 is 7.08. The van der Waals surface area contributed by atoms with E-state index in [0.29, 0.717) is 13.0 Å². The quantitative estimate of drug-likeness (QED) is 0.891. The van der Waals surface area contributed by atoms with Gasteiger partial charge in [-0.15, -0.1) is 0 Å². The van der Waals surface area contributed by atoms with Crippen LogP contribution in [0.1, 0.15) is 25.0 Å². The highest BCUT2D eigenvalue weighted by Crippen LogP contribution is 2.28. The zero-order valence-corrected chi connectivity index (χ0v) is 13.6. The molecule has 1 heterocycles. The molecule has 118 valence electrons. The number of hydrogen-bond donors (Lipinski definition) is 1. The van der Waals surface area contributed by atoms with Gasteiger partial charge in [-0.1, -0.05) is 32.0 Å². The summed E-state index contributed by atoms with van der Waals surface area (Å²) >= 11 is 0. The van der Waals surface area contributed by atoms with Crippen LogP contribution in [-0.4, -0.2) is 22.8 Å². The van der Waals surface area contributed by atoms with Gasteiger partial charge in [-0.05, 0) is 18.1 Å². The molecular formula is C17H23N3O2. The van der Waals surface area contributed by atoms with E-state index in [-0.39, 0.29) is 5.91 Å². The summed E-state index contributed by atoms with van der Waals surface area (Å²) in [6.45, 7) is 4.37. The summed E-state index contributed by atoms with van der Waals surface area (Å²) in [5.41, 5.74) is 1.51. The largest absolute Gasteiger partial charge is 0.496 e. The fourth-order valence-corrected chi connectivity index (χ4v) is 2.39. The number of nitrogens with one attached hydrogen (secondary N) is 1. The van der Waals surface area contributed by atoms with Crippen molar-refractivity contribution in [2.24, 2.45) is 12.5 Å². The Morgan fingerprint density at radius 3 is 2.73 bits per heavy atom. The molecule has 2 rings (SSSR count). The molecule has 1 N–H and O–H groups in total. The van der Waals surface area contributed by atoms with Crippen LogP contribution in [0.4, 0.5) is 0 Å². The van der Waals surface area contributed by atoms with Gasteiger partial charge >= 0.3 is 0 Å². The molecule has 0 fully saturated rings. The molecule has 0 unspecified atom stereocenters. The number of hydrogen-bond acceptors (Lipinski definition) is 3. The molecule has 1 amide bonds. The summed E-state index contributed by atoms with van der Waals surface area (Å²) in [5.74, 6) is 0.831. The zero-order valence-electron chi connectivity index (χ0n) is 13.6. The van der Waals surface area contributed by atoms with Crippen LogP contribution in [0.5, 0.6) is 5.75 Å². The predicted molar refractivity (Wildman–Crippen MR) is 85.5 cm³/mol. The Morgan fingerprint density at radius 1 is 1.36 bits per heavy atom. The van der Waals surface area contributed by atoms with Gasteiger partial charge in [0, 0.05) is 30.8 Å². The highest BCUT2D eigenvalue weighted by molar-refractivity contribution is 5.82. The van der Waals surface area contributed by atoms with Gasteiger partial charge in [-0.3, -0.25) is 9.48 Å². The van der Waals surface area contributed by atoms with Crippen molar-refractivity contribution in [2.45, 2.75) is 26.8 Å². The SMILES string of the molecule is COc1ccccc1CC(C)(C)C(=O)NCc1cnn(C)c1. The first-order valence-corrected chi connectivity index (χ1v) is 7.30. The van der Waals surface area contributed by atoms with Gasteiger partial charge in [0.1, 0.15) is 5.75 Å². The van der Waals surface area contributed by atoms with Crippen LogP contribution in [0.2, 0.25) is 0 Å². The molecule has 5 heteroatoms. The smallest absolute Gasteiger partial charge is 0.226 e. The topological polar surface area (TPSA) is 56.1 Å². The highest BCUT2D eigenvalue weighted by Gasteiger charge is 2.28. The number of amides is 1. The molecule has 2 aromatic rings. The van der Waals surface area contributed by atoms with Crippen LogP contribution in [0.15, 0.2) is 36.7 Å². The first-order valence-electron chi connectivity index (χ1n) is 7.30. The van der Waals surface area contributed by atoms with Crippen molar-refractivity contribution in [3.8, 4) is 5.75 Å². The highest BCUT2D eigenvalue weighted by atomic mass is 16.5. The van der Waals surface area contributed by atoms with Crippen LogP contribution in [0, 0.1) is 5.41 Å². The Kier molecular flexibility index (Phi) is 4.85. The second-order valence-corrected chi connectivity index (χ2v) is 6.08. The number of carbonyl (C=O) groups excluding carboxylic acids is 1. The lowest BCUT2D eigenvalue weighted by Gasteiger charge is -2.24. The van der Waals surface area contributed by atoms with Gasteiger partial charge in [0.25, 0.3) is 0 Å². The van der Waals surface area contributed by atoms with E-state index in [4.69, 9.17) is 4.74 Å². The number of para-hydroxylation sites is 1. The van der Waals surface area contributed by atoms with Gasteiger partial charge in [-0.25, -0.2) is 0 Å². The normalized spacial score (nSPS) is 11.3. The minimum absolute atomic E-state index is 0.0160. The van der Waals surface area contributed by atoms with Crippen molar-refractivity contribution in [3.63, 3.8) is 0 Å². The van der Waals surface area contributed by atoms with Crippen molar-refractivity contribution in [3.05, 3.63) is 47.8 Å². The third kappa shape index (κ3) is 3.87. The van der Waals surface area contributed by atoms with E-state index in [1.807, 2.05) is 51.4 Å². The first kappa shape index (κ1) is 16.1. The van der Waals surface area contributed by atoms with E-state index in [9.17, 15) is 4.79 Å². The summed E-state index contributed by atoms with van der Waals surface area (Å²) in [7, 11) is 3.51. The summed E-state index contributed by atoms with van der Waals surface area (Å²) in [6.07, 6.45) is 4.27. The van der Waals surface area contributed by atoms with Gasteiger partial charge < -0.3 is 10.1 Å². The number of nitrogens with zero attached hydrogens (tertiary/aromatic N) is 2. The number of aryl methyl sites for hydroxylation is 1. The maximum Gasteiger partial charge on any atom is 0.226 e. The minimum atomic E-state index is -0.517. The van der Waals surface area contributed by atoms with Crippen LogP contribution in [0.3, 0.4) is 0 Å². The molecule has 5 nitrogen and oxygen atoms in total. The summed E-state index contributed by atoms with van der Waals surface area (Å²) in [6, 6.07) is 7.80. The molecule has 0 spiro atoms. The van der Waals surface area contributed by atoms with E-state index < -0.39 is 5.41 Å². The Bertz CT molecular complexity index is 647. The van der Waals surface area contributed by atoms with E-state index in [0.717, 1.165) is 16.9 Å². The maximum absolute atomic E-state index is 12.5. The molecule has 0 radical (unpaired) electrons. The molecule has 0 bridgehead atoms. The second kappa shape index (κ2) is 6.64. The average molecular weight is 301 g/mol. The van der Waals surface area contributed by atoms with Crippen LogP contribution in [-0.2, 0) is 24.8 Å². The molecule has 1 aromatic heterocycles. The van der Waals surface area contributed by atoms with Gasteiger partial charge in [0.2, 0.25) is 5.91 Å². The number of rotatable bonds is 6. The molecule has 1 aromatic carbocycles. The average Bonchev–Trinajstić information content (AvgIpc) is 2.90. The van der Waals surface area contributed by atoms with E-state index in [1.54, 1.807) is 18.0 Å². The Hall–Kier alpha value is -2.30. The van der Waals surface area contributed by atoms with Crippen molar-refractivity contribution >= 4 is 5.91 Å². The molecule has 0 atom stereocenters. The first-order chi connectivity index (χ1) is 10.4. The fraction of sp³-hybridized carbons (Fsp3) is 0.412. The van der Waals surface area contributed by atoms with Crippen molar-refractivity contribution in [1.82, 2.24) is 15.1 Å². The van der Waals surface area contributed by atoms with Gasteiger partial charge in [0.15, 0.2) is 0 Å². The third-order valence-electron chi connectivity index (χ3n) is 3.65. The monoisotopic (exact) mass is 301 g/mol. The van der Waals surface area contributed by atoms with Crippen molar-refractivity contribution in [2.75, 3.05) is 7.11 Å². The third-order valence-corrected chi connectivity index (χ3v) is 3.65. The number of ether oxygens (including phenoxy) is 1. The number of carbonyl (C=O) groups is 1. The summed E-state index contributed by atoms with van der Waals surface area (Å²) in [4.78, 5) is 12.5. The van der Waals surface area contributed by atoms with Crippen LogP contribution in [0.25, 0.3) is 0 Å². The molecule has 22 heavy (non-hydrogen) atoms. The number of benzene rings is 1. The van der Waals surface area contributed by atoms with Crippen molar-refractivity contribution in [1.29, 1.82) is 0 Å². The maximum atomic E-state index is 12.5. The Labute approximate surface area is 131 Å². The predicted octanol–water partition coefficient (Wildman–Crippen LogP) is 2.31. The van der Waals surface area contributed by atoms with Crippen LogP contribution >= 0.6 is 0 Å². The fourth-order valence-electron chi connectivity index (χ4n) is 2.39. The lowest BCUT2D eigenvalue weighted by atomic mass is 9.84. The van der Waals surface area contributed by atoms with E-state index >= 15 is 0 Å². The van der Waals surface area contributed by atoms with Gasteiger partial charge in [-0.2, -0.15) is 5.10 Å². The van der Waals surface area contributed by atoms with E-state index in [1.165, 1.54) is 0 Å². The standard InChI is InChI=1S/C17H23N3O2/c1-17(2,9-14-7-5-6-8-15(14)22-4)16(21)18-10-13-11-19-20(3)12-13/h5-8,11-12H,9-10H2,1-4H3,(H,18,21). The Morgan fingerprint density at radius 2 is 2.09 bits per heavy atom. The molecular weight excluding hydrogens is 278 g/mol. The number of methoxy groups -OCH3 is 1. The molecule has 0 aliphatic heterocycles. The summed E-state index contributed by atoms with van der Waals surface area (Å²) in [5, 5.41) is 7.07.